The van der Waals surface area contributed by atoms with Gasteiger partial charge in [0, 0.05) is 0 Å². The van der Waals surface area contributed by atoms with Crippen molar-refractivity contribution in [1.29, 1.82) is 0 Å². The lowest BCUT2D eigenvalue weighted by molar-refractivity contribution is 0.215. The van der Waals surface area contributed by atoms with E-state index in [1.807, 2.05) is 6.92 Å². The number of hydrogen-bond acceptors (Lipinski definition) is 2. The monoisotopic (exact) mass is 157 g/mol. The molecule has 0 radical (unpaired) electrons. The highest BCUT2D eigenvalue weighted by atomic mass is 16.3. The summed E-state index contributed by atoms with van der Waals surface area (Å²) in [6, 6.07) is -0.0487. The first-order valence-corrected chi connectivity index (χ1v) is 4.22. The third kappa shape index (κ3) is 3.49. The van der Waals surface area contributed by atoms with Crippen LogP contribution in [0.5, 0.6) is 0 Å². The van der Waals surface area contributed by atoms with Gasteiger partial charge in [-0.2, -0.15) is 4.91 Å². The Balaban J connectivity index is 4.00. The Morgan fingerprint density at radius 1 is 1.27 bits per heavy atom. The third-order valence-electron chi connectivity index (χ3n) is 2.56. The van der Waals surface area contributed by atoms with Gasteiger partial charge in [-0.25, -0.2) is 0 Å². The minimum atomic E-state index is -0.0487. The number of rotatable bonds is 4. The van der Waals surface area contributed by atoms with Gasteiger partial charge in [0.05, 0.1) is 6.04 Å². The van der Waals surface area contributed by atoms with Gasteiger partial charge in [-0.05, 0) is 24.7 Å². The van der Waals surface area contributed by atoms with Crippen molar-refractivity contribution in [1.82, 2.24) is 0 Å². The SMILES string of the molecule is CC(CC(C)(C)C(C)C)N=O. The van der Waals surface area contributed by atoms with E-state index < -0.39 is 0 Å². The molecule has 2 heteroatoms. The Labute approximate surface area is 69.4 Å². The maximum atomic E-state index is 10.2. The molecule has 2 nitrogen and oxygen atoms in total. The molecular weight excluding hydrogens is 138 g/mol. The van der Waals surface area contributed by atoms with Crippen LogP contribution in [-0.4, -0.2) is 6.04 Å². The summed E-state index contributed by atoms with van der Waals surface area (Å²) in [7, 11) is 0. The van der Waals surface area contributed by atoms with Crippen molar-refractivity contribution in [2.24, 2.45) is 16.5 Å². The van der Waals surface area contributed by atoms with Crippen LogP contribution in [-0.2, 0) is 0 Å². The van der Waals surface area contributed by atoms with E-state index in [9.17, 15) is 4.91 Å². The highest BCUT2D eigenvalue weighted by Crippen LogP contribution is 2.31. The molecule has 0 aromatic heterocycles. The van der Waals surface area contributed by atoms with E-state index >= 15 is 0 Å². The average Bonchev–Trinajstić information content (AvgIpc) is 1.86. The predicted molar refractivity (Wildman–Crippen MR) is 48.5 cm³/mol. The van der Waals surface area contributed by atoms with Crippen LogP contribution in [0, 0.1) is 16.2 Å². The first-order valence-electron chi connectivity index (χ1n) is 4.22. The second-order valence-corrected chi connectivity index (χ2v) is 4.30. The van der Waals surface area contributed by atoms with E-state index in [2.05, 4.69) is 32.9 Å². The van der Waals surface area contributed by atoms with Crippen molar-refractivity contribution in [3.63, 3.8) is 0 Å². The molecule has 0 aliphatic heterocycles. The zero-order valence-corrected chi connectivity index (χ0v) is 8.22. The maximum Gasteiger partial charge on any atom is 0.0896 e. The molecule has 0 aliphatic rings. The van der Waals surface area contributed by atoms with E-state index in [4.69, 9.17) is 0 Å². The van der Waals surface area contributed by atoms with Gasteiger partial charge in [0.1, 0.15) is 0 Å². The van der Waals surface area contributed by atoms with Gasteiger partial charge in [-0.15, -0.1) is 0 Å². The van der Waals surface area contributed by atoms with Crippen LogP contribution in [0.25, 0.3) is 0 Å². The predicted octanol–water partition coefficient (Wildman–Crippen LogP) is 3.21. The first kappa shape index (κ1) is 10.6. The molecule has 0 amide bonds. The number of nitrogens with zero attached hydrogens (tertiary/aromatic N) is 1. The second kappa shape index (κ2) is 3.84. The standard InChI is InChI=1S/C9H19NO/c1-7(2)9(4,5)6-8(3)10-11/h7-8H,6H2,1-5H3. The lowest BCUT2D eigenvalue weighted by Gasteiger charge is -2.29. The summed E-state index contributed by atoms with van der Waals surface area (Å²) in [5.41, 5.74) is 0.229. The summed E-state index contributed by atoms with van der Waals surface area (Å²) in [6.45, 7) is 10.6. The maximum absolute atomic E-state index is 10.2. The van der Waals surface area contributed by atoms with Gasteiger partial charge in [-0.3, -0.25) is 0 Å². The van der Waals surface area contributed by atoms with Gasteiger partial charge in [0.2, 0.25) is 0 Å². The Morgan fingerprint density at radius 3 is 2.00 bits per heavy atom. The van der Waals surface area contributed by atoms with Crippen molar-refractivity contribution in [2.75, 3.05) is 0 Å². The highest BCUT2D eigenvalue weighted by Gasteiger charge is 2.24. The molecule has 1 unspecified atom stereocenters. The van der Waals surface area contributed by atoms with Gasteiger partial charge in [0.25, 0.3) is 0 Å². The zero-order chi connectivity index (χ0) is 9.07. The molecule has 66 valence electrons. The first-order chi connectivity index (χ1) is 4.90. The van der Waals surface area contributed by atoms with Crippen LogP contribution in [0.3, 0.4) is 0 Å². The van der Waals surface area contributed by atoms with Crippen LogP contribution in [0.2, 0.25) is 0 Å². The summed E-state index contributed by atoms with van der Waals surface area (Å²) in [6.07, 6.45) is 0.883. The normalized spacial score (nSPS) is 15.1. The van der Waals surface area contributed by atoms with Gasteiger partial charge >= 0.3 is 0 Å². The molecular formula is C9H19NO. The molecule has 1 atom stereocenters. The molecule has 0 bridgehead atoms. The van der Waals surface area contributed by atoms with E-state index in [1.165, 1.54) is 0 Å². The summed E-state index contributed by atoms with van der Waals surface area (Å²) < 4.78 is 0. The Morgan fingerprint density at radius 2 is 1.73 bits per heavy atom. The van der Waals surface area contributed by atoms with Crippen molar-refractivity contribution >= 4 is 0 Å². The lowest BCUT2D eigenvalue weighted by atomic mass is 9.76. The summed E-state index contributed by atoms with van der Waals surface area (Å²) in [4.78, 5) is 10.2. The molecule has 0 saturated carbocycles. The molecule has 0 aliphatic carbocycles. The van der Waals surface area contributed by atoms with Crippen LogP contribution in [0.1, 0.15) is 41.0 Å². The topological polar surface area (TPSA) is 29.4 Å². The van der Waals surface area contributed by atoms with Crippen LogP contribution in [0.4, 0.5) is 0 Å². The van der Waals surface area contributed by atoms with Crippen LogP contribution < -0.4 is 0 Å². The van der Waals surface area contributed by atoms with Crippen molar-refractivity contribution < 1.29 is 0 Å². The van der Waals surface area contributed by atoms with Crippen LogP contribution in [0.15, 0.2) is 5.18 Å². The van der Waals surface area contributed by atoms with E-state index in [0.717, 1.165) is 6.42 Å². The fourth-order valence-corrected chi connectivity index (χ4v) is 1.03. The zero-order valence-electron chi connectivity index (χ0n) is 8.22. The van der Waals surface area contributed by atoms with Crippen LogP contribution >= 0.6 is 0 Å². The summed E-state index contributed by atoms with van der Waals surface area (Å²) in [5, 5.41) is 3.01. The van der Waals surface area contributed by atoms with Crippen molar-refractivity contribution in [3.8, 4) is 0 Å². The molecule has 0 heterocycles. The quantitative estimate of drug-likeness (QED) is 0.576. The Bertz CT molecular complexity index is 130. The molecule has 0 N–H and O–H groups in total. The molecule has 0 aromatic carbocycles. The third-order valence-corrected chi connectivity index (χ3v) is 2.56. The molecule has 0 rings (SSSR count). The van der Waals surface area contributed by atoms with Crippen molar-refractivity contribution in [2.45, 2.75) is 47.1 Å². The van der Waals surface area contributed by atoms with E-state index in [1.54, 1.807) is 0 Å². The minimum absolute atomic E-state index is 0.0487. The largest absolute Gasteiger partial charge is 0.151 e. The molecule has 0 saturated heterocycles. The number of nitroso groups, excluding NO2 is 1. The minimum Gasteiger partial charge on any atom is -0.151 e. The fraction of sp³-hybridized carbons (Fsp3) is 1.00. The molecule has 0 fully saturated rings. The van der Waals surface area contributed by atoms with Crippen molar-refractivity contribution in [3.05, 3.63) is 4.91 Å². The molecule has 11 heavy (non-hydrogen) atoms. The smallest absolute Gasteiger partial charge is 0.0896 e. The van der Waals surface area contributed by atoms with E-state index in [-0.39, 0.29) is 11.5 Å². The molecule has 0 spiro atoms. The van der Waals surface area contributed by atoms with Gasteiger partial charge in [0.15, 0.2) is 0 Å². The Kier molecular flexibility index (Phi) is 3.70. The fourth-order valence-electron chi connectivity index (χ4n) is 1.03. The summed E-state index contributed by atoms with van der Waals surface area (Å²) >= 11 is 0. The highest BCUT2D eigenvalue weighted by molar-refractivity contribution is 4.77. The lowest BCUT2D eigenvalue weighted by Crippen LogP contribution is -2.23. The molecule has 0 aromatic rings. The summed E-state index contributed by atoms with van der Waals surface area (Å²) in [5.74, 6) is 0.603. The second-order valence-electron chi connectivity index (χ2n) is 4.30. The number of hydrogen-bond donors (Lipinski definition) is 0. The average molecular weight is 157 g/mol. The van der Waals surface area contributed by atoms with Gasteiger partial charge < -0.3 is 0 Å². The van der Waals surface area contributed by atoms with Gasteiger partial charge in [-0.1, -0.05) is 32.9 Å². The Hall–Kier alpha value is -0.400. The van der Waals surface area contributed by atoms with E-state index in [0.29, 0.717) is 5.92 Å².